The van der Waals surface area contributed by atoms with Gasteiger partial charge in [-0.15, -0.1) is 0 Å². The van der Waals surface area contributed by atoms with E-state index in [2.05, 4.69) is 17.2 Å². The Kier molecular flexibility index (Phi) is 2.62. The lowest BCUT2D eigenvalue weighted by atomic mass is 9.91. The molecule has 0 radical (unpaired) electrons. The van der Waals surface area contributed by atoms with Crippen LogP contribution in [0.25, 0.3) is 10.9 Å². The summed E-state index contributed by atoms with van der Waals surface area (Å²) in [4.78, 5) is 3.31. The second-order valence-corrected chi connectivity index (χ2v) is 4.76. The van der Waals surface area contributed by atoms with Crippen LogP contribution in [-0.4, -0.2) is 18.2 Å². The number of hydrogen-bond donors (Lipinski definition) is 1. The first-order valence-electron chi connectivity index (χ1n) is 5.69. The molecular formula is C13H14ClNO. The third kappa shape index (κ3) is 1.72. The summed E-state index contributed by atoms with van der Waals surface area (Å²) >= 11 is 6.05. The summed E-state index contributed by atoms with van der Waals surface area (Å²) in [6.45, 7) is 1.75. The Morgan fingerprint density at radius 2 is 2.06 bits per heavy atom. The Bertz CT molecular complexity index is 500. The van der Waals surface area contributed by atoms with E-state index in [0.717, 1.165) is 31.1 Å². The highest BCUT2D eigenvalue weighted by atomic mass is 35.5. The largest absolute Gasteiger partial charge is 0.381 e. The number of aromatic amines is 1. The van der Waals surface area contributed by atoms with Crippen molar-refractivity contribution in [1.29, 1.82) is 0 Å². The maximum atomic E-state index is 6.05. The van der Waals surface area contributed by atoms with Gasteiger partial charge in [0.05, 0.1) is 0 Å². The van der Waals surface area contributed by atoms with E-state index in [-0.39, 0.29) is 0 Å². The van der Waals surface area contributed by atoms with Crippen molar-refractivity contribution in [1.82, 2.24) is 4.98 Å². The molecule has 1 aromatic heterocycles. The molecule has 3 rings (SSSR count). The molecule has 1 N–H and O–H groups in total. The van der Waals surface area contributed by atoms with Crippen LogP contribution in [0.4, 0.5) is 0 Å². The smallest absolute Gasteiger partial charge is 0.0471 e. The zero-order chi connectivity index (χ0) is 11.0. The fourth-order valence-electron chi connectivity index (χ4n) is 2.46. The molecule has 1 aliphatic rings. The minimum Gasteiger partial charge on any atom is -0.381 e. The summed E-state index contributed by atoms with van der Waals surface area (Å²) < 4.78 is 5.40. The van der Waals surface area contributed by atoms with Crippen LogP contribution < -0.4 is 0 Å². The van der Waals surface area contributed by atoms with Gasteiger partial charge in [0.15, 0.2) is 0 Å². The average Bonchev–Trinajstić information content (AvgIpc) is 2.73. The molecule has 0 amide bonds. The van der Waals surface area contributed by atoms with Crippen molar-refractivity contribution in [3.05, 3.63) is 35.0 Å². The summed E-state index contributed by atoms with van der Waals surface area (Å²) in [5, 5.41) is 2.07. The van der Waals surface area contributed by atoms with Gasteiger partial charge in [-0.25, -0.2) is 0 Å². The number of nitrogens with one attached hydrogen (secondary N) is 1. The van der Waals surface area contributed by atoms with E-state index in [1.54, 1.807) is 0 Å². The molecule has 3 heteroatoms. The Hall–Kier alpha value is -0.990. The quantitative estimate of drug-likeness (QED) is 0.801. The molecule has 1 aliphatic heterocycles. The van der Waals surface area contributed by atoms with Gasteiger partial charge in [0.1, 0.15) is 0 Å². The molecule has 0 atom stereocenters. The van der Waals surface area contributed by atoms with Gasteiger partial charge < -0.3 is 9.72 Å². The van der Waals surface area contributed by atoms with Gasteiger partial charge in [0.25, 0.3) is 0 Å². The first-order valence-corrected chi connectivity index (χ1v) is 6.06. The van der Waals surface area contributed by atoms with Gasteiger partial charge in [-0.05, 0) is 42.5 Å². The maximum absolute atomic E-state index is 6.05. The van der Waals surface area contributed by atoms with E-state index in [1.165, 1.54) is 16.5 Å². The molecule has 0 bridgehead atoms. The predicted octanol–water partition coefficient (Wildman–Crippen LogP) is 3.72. The normalized spacial score (nSPS) is 18.1. The van der Waals surface area contributed by atoms with Crippen LogP contribution in [0.1, 0.15) is 24.3 Å². The van der Waals surface area contributed by atoms with Gasteiger partial charge in [-0.3, -0.25) is 0 Å². The maximum Gasteiger partial charge on any atom is 0.0471 e. The van der Waals surface area contributed by atoms with Crippen molar-refractivity contribution in [2.24, 2.45) is 0 Å². The molecule has 0 unspecified atom stereocenters. The zero-order valence-electron chi connectivity index (χ0n) is 9.00. The fourth-order valence-corrected chi connectivity index (χ4v) is 2.63. The summed E-state index contributed by atoms with van der Waals surface area (Å²) in [6.07, 6.45) is 4.34. The zero-order valence-corrected chi connectivity index (χ0v) is 9.76. The lowest BCUT2D eigenvalue weighted by Crippen LogP contribution is -2.13. The Labute approximate surface area is 99.6 Å². The average molecular weight is 236 g/mol. The molecular weight excluding hydrogens is 222 g/mol. The van der Waals surface area contributed by atoms with Crippen molar-refractivity contribution in [2.75, 3.05) is 13.2 Å². The van der Waals surface area contributed by atoms with Gasteiger partial charge in [0.2, 0.25) is 0 Å². The van der Waals surface area contributed by atoms with Crippen molar-refractivity contribution >= 4 is 22.5 Å². The van der Waals surface area contributed by atoms with Crippen LogP contribution in [0.3, 0.4) is 0 Å². The number of hydrogen-bond acceptors (Lipinski definition) is 1. The van der Waals surface area contributed by atoms with Crippen LogP contribution in [0.5, 0.6) is 0 Å². The molecule has 2 nitrogen and oxygen atoms in total. The van der Waals surface area contributed by atoms with Gasteiger partial charge in [-0.1, -0.05) is 11.6 Å². The van der Waals surface area contributed by atoms with Gasteiger partial charge >= 0.3 is 0 Å². The lowest BCUT2D eigenvalue weighted by Gasteiger charge is -2.21. The van der Waals surface area contributed by atoms with E-state index in [4.69, 9.17) is 16.3 Å². The highest BCUT2D eigenvalue weighted by Gasteiger charge is 2.18. The van der Waals surface area contributed by atoms with E-state index < -0.39 is 0 Å². The summed E-state index contributed by atoms with van der Waals surface area (Å²) in [5.74, 6) is 0.612. The number of rotatable bonds is 1. The number of benzene rings is 1. The number of fused-ring (bicyclic) bond motifs is 1. The Morgan fingerprint density at radius 1 is 1.25 bits per heavy atom. The standard InChI is InChI=1S/C13H14ClNO/c14-10-1-2-13-11(7-10)12(8-15-13)9-3-5-16-6-4-9/h1-2,7-9,15H,3-6H2. The minimum absolute atomic E-state index is 0.612. The second-order valence-electron chi connectivity index (χ2n) is 4.32. The highest BCUT2D eigenvalue weighted by Crippen LogP contribution is 2.33. The fraction of sp³-hybridized carbons (Fsp3) is 0.385. The number of H-pyrrole nitrogens is 1. The van der Waals surface area contributed by atoms with Crippen LogP contribution >= 0.6 is 11.6 Å². The minimum atomic E-state index is 0.612. The molecule has 2 aromatic rings. The van der Waals surface area contributed by atoms with Gasteiger partial charge in [0, 0.05) is 35.3 Å². The summed E-state index contributed by atoms with van der Waals surface area (Å²) in [7, 11) is 0. The van der Waals surface area contributed by atoms with Crippen LogP contribution in [-0.2, 0) is 4.74 Å². The van der Waals surface area contributed by atoms with Crippen molar-refractivity contribution < 1.29 is 4.74 Å². The molecule has 1 saturated heterocycles. The molecule has 0 spiro atoms. The molecule has 1 aromatic carbocycles. The predicted molar refractivity (Wildman–Crippen MR) is 66.1 cm³/mol. The number of ether oxygens (including phenoxy) is 1. The van der Waals surface area contributed by atoms with Crippen molar-refractivity contribution in [3.63, 3.8) is 0 Å². The number of aromatic nitrogens is 1. The molecule has 84 valence electrons. The third-order valence-corrected chi connectivity index (χ3v) is 3.57. The Balaban J connectivity index is 2.05. The second kappa shape index (κ2) is 4.11. The molecule has 2 heterocycles. The Morgan fingerprint density at radius 3 is 2.88 bits per heavy atom. The monoisotopic (exact) mass is 235 g/mol. The van der Waals surface area contributed by atoms with Crippen molar-refractivity contribution in [2.45, 2.75) is 18.8 Å². The summed E-state index contributed by atoms with van der Waals surface area (Å²) in [6, 6.07) is 6.02. The van der Waals surface area contributed by atoms with E-state index in [1.807, 2.05) is 12.1 Å². The summed E-state index contributed by atoms with van der Waals surface area (Å²) in [5.41, 5.74) is 2.56. The van der Waals surface area contributed by atoms with Crippen LogP contribution in [0.15, 0.2) is 24.4 Å². The number of halogens is 1. The van der Waals surface area contributed by atoms with E-state index in [9.17, 15) is 0 Å². The van der Waals surface area contributed by atoms with Crippen molar-refractivity contribution in [3.8, 4) is 0 Å². The van der Waals surface area contributed by atoms with E-state index in [0.29, 0.717) is 5.92 Å². The van der Waals surface area contributed by atoms with E-state index >= 15 is 0 Å². The first kappa shape index (κ1) is 10.2. The highest BCUT2D eigenvalue weighted by molar-refractivity contribution is 6.31. The molecule has 16 heavy (non-hydrogen) atoms. The third-order valence-electron chi connectivity index (χ3n) is 3.34. The lowest BCUT2D eigenvalue weighted by molar-refractivity contribution is 0.0856. The molecule has 0 aliphatic carbocycles. The first-order chi connectivity index (χ1) is 7.84. The molecule has 0 saturated carbocycles. The topological polar surface area (TPSA) is 25.0 Å². The van der Waals surface area contributed by atoms with Gasteiger partial charge in [-0.2, -0.15) is 0 Å². The SMILES string of the molecule is Clc1ccc2[nH]cc(C3CCOCC3)c2c1. The van der Waals surface area contributed by atoms with Crippen LogP contribution in [0.2, 0.25) is 5.02 Å². The van der Waals surface area contributed by atoms with Crippen LogP contribution in [0, 0.1) is 0 Å². The molecule has 1 fully saturated rings.